The van der Waals surface area contributed by atoms with Crippen molar-refractivity contribution in [1.82, 2.24) is 4.98 Å². The minimum Gasteiger partial charge on any atom is -0.466 e. The number of hydrogen-bond donors (Lipinski definition) is 2. The van der Waals surface area contributed by atoms with Crippen LogP contribution in [0.2, 0.25) is 5.02 Å². The maximum Gasteiger partial charge on any atom is 0.308 e. The topological polar surface area (TPSA) is 79.7 Å². The monoisotopic (exact) mass is 277 g/mol. The number of pyridine rings is 1. The molecule has 1 heterocycles. The van der Waals surface area contributed by atoms with E-state index in [0.29, 0.717) is 0 Å². The Morgan fingerprint density at radius 1 is 1.61 bits per heavy atom. The van der Waals surface area contributed by atoms with E-state index in [1.807, 2.05) is 0 Å². The first-order valence-corrected chi connectivity index (χ1v) is 5.66. The molecule has 0 fully saturated rings. The van der Waals surface area contributed by atoms with Gasteiger partial charge in [-0.3, -0.25) is 4.79 Å². The maximum atomic E-state index is 12.8. The molecular weight excluding hydrogens is 265 g/mol. The van der Waals surface area contributed by atoms with Crippen LogP contribution in [0.5, 0.6) is 0 Å². The molecule has 0 aliphatic carbocycles. The fourth-order valence-electron chi connectivity index (χ4n) is 1.32. The third-order valence-corrected chi connectivity index (χ3v) is 2.47. The summed E-state index contributed by atoms with van der Waals surface area (Å²) in [4.78, 5) is 14.4. The number of nitrogens with zero attached hydrogens (tertiary/aromatic N) is 1. The van der Waals surface area contributed by atoms with Gasteiger partial charge >= 0.3 is 5.97 Å². The van der Waals surface area contributed by atoms with E-state index in [1.54, 1.807) is 6.92 Å². The molecule has 2 atom stereocenters. The average molecular weight is 278 g/mol. The molecule has 0 saturated carbocycles. The zero-order chi connectivity index (χ0) is 13.7. The van der Waals surface area contributed by atoms with Crippen LogP contribution in [0.15, 0.2) is 12.3 Å². The fourth-order valence-corrected chi connectivity index (χ4v) is 1.50. The molecule has 0 aliphatic rings. The van der Waals surface area contributed by atoms with E-state index in [-0.39, 0.29) is 23.6 Å². The van der Waals surface area contributed by atoms with Crippen LogP contribution in [0, 0.1) is 5.95 Å². The van der Waals surface area contributed by atoms with E-state index in [4.69, 9.17) is 11.6 Å². The number of hydrogen-bond acceptors (Lipinski definition) is 5. The van der Waals surface area contributed by atoms with Crippen molar-refractivity contribution in [2.75, 3.05) is 6.61 Å². The molecule has 5 nitrogen and oxygen atoms in total. The molecule has 0 aromatic carbocycles. The van der Waals surface area contributed by atoms with Crippen LogP contribution in [0.3, 0.4) is 0 Å². The molecule has 0 bridgehead atoms. The molecule has 0 spiro atoms. The summed E-state index contributed by atoms with van der Waals surface area (Å²) >= 11 is 5.50. The molecule has 18 heavy (non-hydrogen) atoms. The van der Waals surface area contributed by atoms with Crippen molar-refractivity contribution in [3.63, 3.8) is 0 Å². The van der Waals surface area contributed by atoms with Crippen LogP contribution in [-0.4, -0.2) is 33.9 Å². The molecule has 100 valence electrons. The van der Waals surface area contributed by atoms with E-state index in [2.05, 4.69) is 9.72 Å². The third-order valence-electron chi connectivity index (χ3n) is 2.20. The smallest absolute Gasteiger partial charge is 0.308 e. The first kappa shape index (κ1) is 14.8. The zero-order valence-electron chi connectivity index (χ0n) is 9.64. The fraction of sp³-hybridized carbons (Fsp3) is 0.455. The number of carbonyl (C=O) groups is 1. The second-order valence-electron chi connectivity index (χ2n) is 3.56. The van der Waals surface area contributed by atoms with Crippen LogP contribution in [0.25, 0.3) is 0 Å². The number of halogens is 2. The van der Waals surface area contributed by atoms with E-state index >= 15 is 0 Å². The van der Waals surface area contributed by atoms with Gasteiger partial charge in [0.25, 0.3) is 0 Å². The first-order valence-electron chi connectivity index (χ1n) is 5.28. The molecule has 0 amide bonds. The van der Waals surface area contributed by atoms with Crippen molar-refractivity contribution in [3.05, 3.63) is 28.8 Å². The lowest BCUT2D eigenvalue weighted by atomic mass is 10.0. The Morgan fingerprint density at radius 3 is 2.83 bits per heavy atom. The van der Waals surface area contributed by atoms with Gasteiger partial charge in [0.15, 0.2) is 0 Å². The Bertz CT molecular complexity index is 430. The number of esters is 1. The Hall–Kier alpha value is -1.24. The van der Waals surface area contributed by atoms with Crippen molar-refractivity contribution in [2.45, 2.75) is 25.6 Å². The largest absolute Gasteiger partial charge is 0.466 e. The van der Waals surface area contributed by atoms with Gasteiger partial charge < -0.3 is 14.9 Å². The standard InChI is InChI=1S/C11H13ClFNO4/c1-2-18-9(16)4-8(15)10(17)6-3-7(12)11(13)14-5-6/h3,5,8,10,15,17H,2,4H2,1H3. The van der Waals surface area contributed by atoms with E-state index in [1.165, 1.54) is 0 Å². The van der Waals surface area contributed by atoms with Gasteiger partial charge in [-0.05, 0) is 13.0 Å². The number of aliphatic hydroxyl groups is 2. The molecule has 2 N–H and O–H groups in total. The lowest BCUT2D eigenvalue weighted by Crippen LogP contribution is -2.23. The van der Waals surface area contributed by atoms with Crippen LogP contribution in [-0.2, 0) is 9.53 Å². The van der Waals surface area contributed by atoms with E-state index in [0.717, 1.165) is 12.3 Å². The predicted molar refractivity (Wildman–Crippen MR) is 61.4 cm³/mol. The maximum absolute atomic E-state index is 12.8. The van der Waals surface area contributed by atoms with Crippen LogP contribution in [0.4, 0.5) is 4.39 Å². The van der Waals surface area contributed by atoms with Gasteiger partial charge in [0.05, 0.1) is 24.2 Å². The number of aromatic nitrogens is 1. The van der Waals surface area contributed by atoms with Crippen LogP contribution >= 0.6 is 11.6 Å². The Morgan fingerprint density at radius 2 is 2.28 bits per heavy atom. The highest BCUT2D eigenvalue weighted by molar-refractivity contribution is 6.30. The summed E-state index contributed by atoms with van der Waals surface area (Å²) in [7, 11) is 0. The Kier molecular flexibility index (Phi) is 5.46. The second kappa shape index (κ2) is 6.63. The average Bonchev–Trinajstić information content (AvgIpc) is 2.32. The number of carbonyl (C=O) groups excluding carboxylic acids is 1. The highest BCUT2D eigenvalue weighted by atomic mass is 35.5. The van der Waals surface area contributed by atoms with Crippen molar-refractivity contribution < 1.29 is 24.1 Å². The summed E-state index contributed by atoms with van der Waals surface area (Å²) in [6, 6.07) is 1.14. The molecule has 1 aromatic rings. The molecule has 7 heteroatoms. The lowest BCUT2D eigenvalue weighted by Gasteiger charge is -2.17. The molecule has 0 radical (unpaired) electrons. The van der Waals surface area contributed by atoms with Gasteiger partial charge in [-0.15, -0.1) is 0 Å². The zero-order valence-corrected chi connectivity index (χ0v) is 10.4. The van der Waals surface area contributed by atoms with Gasteiger partial charge in [-0.25, -0.2) is 4.98 Å². The second-order valence-corrected chi connectivity index (χ2v) is 3.97. The van der Waals surface area contributed by atoms with Gasteiger partial charge in [0, 0.05) is 11.8 Å². The Labute approximate surface area is 108 Å². The van der Waals surface area contributed by atoms with Gasteiger partial charge in [-0.2, -0.15) is 4.39 Å². The number of aliphatic hydroxyl groups excluding tert-OH is 2. The molecule has 1 rings (SSSR count). The molecule has 2 unspecified atom stereocenters. The Balaban J connectivity index is 2.70. The van der Waals surface area contributed by atoms with Crippen LogP contribution in [0.1, 0.15) is 25.0 Å². The summed E-state index contributed by atoms with van der Waals surface area (Å²) in [5, 5.41) is 19.1. The molecule has 0 aliphatic heterocycles. The van der Waals surface area contributed by atoms with Gasteiger partial charge in [0.1, 0.15) is 6.10 Å². The van der Waals surface area contributed by atoms with E-state index < -0.39 is 24.1 Å². The number of ether oxygens (including phenoxy) is 1. The first-order chi connectivity index (χ1) is 8.45. The minimum absolute atomic E-state index is 0.123. The highest BCUT2D eigenvalue weighted by Crippen LogP contribution is 2.22. The van der Waals surface area contributed by atoms with Crippen molar-refractivity contribution in [2.24, 2.45) is 0 Å². The third kappa shape index (κ3) is 3.90. The van der Waals surface area contributed by atoms with Crippen molar-refractivity contribution in [3.8, 4) is 0 Å². The summed E-state index contributed by atoms with van der Waals surface area (Å²) in [6.07, 6.45) is -2.09. The summed E-state index contributed by atoms with van der Waals surface area (Å²) in [5.41, 5.74) is 0.123. The SMILES string of the molecule is CCOC(=O)CC(O)C(O)c1cnc(F)c(Cl)c1. The highest BCUT2D eigenvalue weighted by Gasteiger charge is 2.23. The summed E-state index contributed by atoms with van der Waals surface area (Å²) in [6.45, 7) is 1.82. The normalized spacial score (nSPS) is 14.1. The van der Waals surface area contributed by atoms with E-state index in [9.17, 15) is 19.4 Å². The quantitative estimate of drug-likeness (QED) is 0.625. The van der Waals surface area contributed by atoms with Gasteiger partial charge in [-0.1, -0.05) is 11.6 Å². The molecule has 0 saturated heterocycles. The lowest BCUT2D eigenvalue weighted by molar-refractivity contribution is -0.147. The van der Waals surface area contributed by atoms with Crippen LogP contribution < -0.4 is 0 Å². The molecule has 1 aromatic heterocycles. The molecular formula is C11H13ClFNO4. The van der Waals surface area contributed by atoms with Crippen molar-refractivity contribution >= 4 is 17.6 Å². The van der Waals surface area contributed by atoms with Crippen molar-refractivity contribution in [1.29, 1.82) is 0 Å². The minimum atomic E-state index is -1.39. The summed E-state index contributed by atoms with van der Waals surface area (Å²) in [5.74, 6) is -1.50. The number of rotatable bonds is 5. The summed E-state index contributed by atoms with van der Waals surface area (Å²) < 4.78 is 17.4. The predicted octanol–water partition coefficient (Wildman–Crippen LogP) is 1.22. The van der Waals surface area contributed by atoms with Gasteiger partial charge in [0.2, 0.25) is 5.95 Å².